The zero-order valence-electron chi connectivity index (χ0n) is 16.1. The maximum absolute atomic E-state index is 14.0. The van der Waals surface area contributed by atoms with Gasteiger partial charge in [0.1, 0.15) is 0 Å². The Balaban J connectivity index is 1.39. The number of rotatable bonds is 6. The third kappa shape index (κ3) is 3.53. The molecule has 0 aromatic heterocycles. The van der Waals surface area contributed by atoms with E-state index in [0.717, 1.165) is 38.5 Å². The van der Waals surface area contributed by atoms with Crippen molar-refractivity contribution < 1.29 is 32.1 Å². The first-order valence-corrected chi connectivity index (χ1v) is 10.1. The zero-order valence-corrected chi connectivity index (χ0v) is 16.1. The highest BCUT2D eigenvalue weighted by molar-refractivity contribution is 5.33. The first kappa shape index (κ1) is 20.0. The Morgan fingerprint density at radius 2 is 1.57 bits per heavy atom. The molecule has 4 nitrogen and oxygen atoms in total. The molecule has 5 rings (SSSR count). The van der Waals surface area contributed by atoms with Crippen LogP contribution in [0.15, 0.2) is 12.1 Å². The van der Waals surface area contributed by atoms with Gasteiger partial charge in [-0.1, -0.05) is 13.3 Å². The zero-order chi connectivity index (χ0) is 19.8. The fraction of sp³-hybridized carbons (Fsp3) is 0.714. The van der Waals surface area contributed by atoms with Crippen molar-refractivity contribution in [3.05, 3.63) is 29.3 Å². The molecule has 1 aromatic rings. The van der Waals surface area contributed by atoms with E-state index in [1.54, 1.807) is 0 Å². The van der Waals surface area contributed by atoms with E-state index in [-0.39, 0.29) is 17.3 Å². The molecule has 1 saturated carbocycles. The molecular weight excluding hydrogens is 373 g/mol. The summed E-state index contributed by atoms with van der Waals surface area (Å²) in [4.78, 5) is 0. The van der Waals surface area contributed by atoms with Gasteiger partial charge in [-0.2, -0.15) is 0 Å². The number of fused-ring (bicyclic) bond motifs is 3. The molecule has 3 aliphatic heterocycles. The van der Waals surface area contributed by atoms with Gasteiger partial charge in [0.2, 0.25) is 6.86 Å². The minimum Gasteiger partial charge on any atom is -0.457 e. The summed E-state index contributed by atoms with van der Waals surface area (Å²) in [6.45, 7) is 2.86. The van der Waals surface area contributed by atoms with Crippen molar-refractivity contribution in [1.29, 1.82) is 0 Å². The van der Waals surface area contributed by atoms with Gasteiger partial charge in [0, 0.05) is 11.3 Å². The molecule has 0 radical (unpaired) electrons. The predicted molar refractivity (Wildman–Crippen MR) is 95.6 cm³/mol. The van der Waals surface area contributed by atoms with E-state index in [4.69, 9.17) is 14.2 Å². The molecule has 4 aliphatic rings. The second-order valence-corrected chi connectivity index (χ2v) is 8.34. The first-order valence-electron chi connectivity index (χ1n) is 10.1. The second kappa shape index (κ2) is 7.84. The Morgan fingerprint density at radius 1 is 1.00 bits per heavy atom. The Hall–Kier alpha value is -1.31. The minimum atomic E-state index is -1.26. The number of benzene rings is 1. The molecule has 2 bridgehead atoms. The third-order valence-electron chi connectivity index (χ3n) is 6.44. The molecule has 0 atom stereocenters. The van der Waals surface area contributed by atoms with Crippen molar-refractivity contribution in [2.75, 3.05) is 26.7 Å². The number of halogens is 3. The molecule has 4 fully saturated rings. The Bertz CT molecular complexity index is 655. The molecule has 1 aromatic carbocycles. The maximum atomic E-state index is 14.0. The van der Waals surface area contributed by atoms with Crippen LogP contribution in [-0.4, -0.2) is 32.7 Å². The summed E-state index contributed by atoms with van der Waals surface area (Å²) in [6, 6.07) is 2.50. The molecule has 0 unspecified atom stereocenters. The number of hydrogen-bond acceptors (Lipinski definition) is 4. The fourth-order valence-corrected chi connectivity index (χ4v) is 4.90. The second-order valence-electron chi connectivity index (χ2n) is 8.34. The van der Waals surface area contributed by atoms with Crippen LogP contribution in [0, 0.1) is 23.0 Å². The smallest absolute Gasteiger partial charge is 0.285 e. The van der Waals surface area contributed by atoms with Gasteiger partial charge in [-0.25, -0.2) is 13.2 Å². The summed E-state index contributed by atoms with van der Waals surface area (Å²) >= 11 is 0. The molecule has 3 heterocycles. The van der Waals surface area contributed by atoms with E-state index in [9.17, 15) is 13.2 Å². The van der Waals surface area contributed by atoms with E-state index >= 15 is 0 Å². The number of hydrogen-bond donors (Lipinski definition) is 0. The standard InChI is InChI=1S/C21H27F3O4/c1-2-7-20-10-26-21(27-11-20,28-12-20)16-5-3-14(4-6-16)15-8-17(23)19(25-13-22)18(24)9-15/h8-9,14,16H,2-7,10-13H2,1H3. The number of ether oxygens (including phenoxy) is 4. The Kier molecular flexibility index (Phi) is 5.60. The lowest BCUT2D eigenvalue weighted by Gasteiger charge is -2.55. The molecular formula is C21H27F3O4. The lowest BCUT2D eigenvalue weighted by Crippen LogP contribution is -2.63. The normalized spacial score (nSPS) is 35.1. The molecule has 1 aliphatic carbocycles. The molecule has 3 saturated heterocycles. The number of alkyl halides is 1. The lowest BCUT2D eigenvalue weighted by molar-refractivity contribution is -0.488. The summed E-state index contributed by atoms with van der Waals surface area (Å²) in [5.41, 5.74) is 0.556. The van der Waals surface area contributed by atoms with Crippen LogP contribution in [0.5, 0.6) is 5.75 Å². The quantitative estimate of drug-likeness (QED) is 0.669. The van der Waals surface area contributed by atoms with Crippen LogP contribution >= 0.6 is 0 Å². The van der Waals surface area contributed by atoms with Gasteiger partial charge < -0.3 is 18.9 Å². The van der Waals surface area contributed by atoms with E-state index in [1.165, 1.54) is 12.1 Å². The maximum Gasteiger partial charge on any atom is 0.285 e. The largest absolute Gasteiger partial charge is 0.457 e. The highest BCUT2D eigenvalue weighted by Crippen LogP contribution is 2.50. The summed E-state index contributed by atoms with van der Waals surface area (Å²) in [5, 5.41) is 0. The van der Waals surface area contributed by atoms with Crippen LogP contribution in [0.25, 0.3) is 0 Å². The van der Waals surface area contributed by atoms with E-state index in [2.05, 4.69) is 11.7 Å². The van der Waals surface area contributed by atoms with Crippen molar-refractivity contribution in [3.8, 4) is 5.75 Å². The van der Waals surface area contributed by atoms with Gasteiger partial charge in [-0.15, -0.1) is 0 Å². The first-order chi connectivity index (χ1) is 13.5. The molecule has 0 spiro atoms. The van der Waals surface area contributed by atoms with E-state index < -0.39 is 30.2 Å². The predicted octanol–water partition coefficient (Wildman–Crippen LogP) is 5.06. The third-order valence-corrected chi connectivity index (χ3v) is 6.44. The van der Waals surface area contributed by atoms with Gasteiger partial charge in [0.25, 0.3) is 5.97 Å². The Morgan fingerprint density at radius 3 is 2.07 bits per heavy atom. The fourth-order valence-electron chi connectivity index (χ4n) is 4.90. The van der Waals surface area contributed by atoms with Crippen LogP contribution in [0.3, 0.4) is 0 Å². The summed E-state index contributed by atoms with van der Waals surface area (Å²) in [6.07, 6.45) is 5.18. The van der Waals surface area contributed by atoms with Crippen LogP contribution in [-0.2, 0) is 14.2 Å². The summed E-state index contributed by atoms with van der Waals surface area (Å²) < 4.78 is 63.0. The summed E-state index contributed by atoms with van der Waals surface area (Å²) in [5.74, 6) is -3.22. The van der Waals surface area contributed by atoms with Crippen LogP contribution in [0.4, 0.5) is 13.2 Å². The highest BCUT2D eigenvalue weighted by Gasteiger charge is 2.56. The topological polar surface area (TPSA) is 36.9 Å². The van der Waals surface area contributed by atoms with Crippen molar-refractivity contribution in [3.63, 3.8) is 0 Å². The van der Waals surface area contributed by atoms with Gasteiger partial charge >= 0.3 is 0 Å². The van der Waals surface area contributed by atoms with Crippen LogP contribution < -0.4 is 4.74 Å². The molecule has 156 valence electrons. The van der Waals surface area contributed by atoms with Crippen LogP contribution in [0.2, 0.25) is 0 Å². The summed E-state index contributed by atoms with van der Waals surface area (Å²) in [7, 11) is 0. The van der Waals surface area contributed by atoms with Crippen LogP contribution in [0.1, 0.15) is 56.9 Å². The van der Waals surface area contributed by atoms with E-state index in [0.29, 0.717) is 25.4 Å². The SMILES string of the molecule is CCCC12COC(C3CCC(c4cc(F)c(OCF)c(F)c4)CC3)(OC1)OC2. The van der Waals surface area contributed by atoms with Crippen molar-refractivity contribution >= 4 is 0 Å². The Labute approximate surface area is 163 Å². The molecule has 0 amide bonds. The van der Waals surface area contributed by atoms with Gasteiger partial charge in [-0.3, -0.25) is 0 Å². The lowest BCUT2D eigenvalue weighted by atomic mass is 9.76. The van der Waals surface area contributed by atoms with Gasteiger partial charge in [0.15, 0.2) is 17.4 Å². The van der Waals surface area contributed by atoms with E-state index in [1.807, 2.05) is 0 Å². The average Bonchev–Trinajstić information content (AvgIpc) is 2.72. The van der Waals surface area contributed by atoms with Crippen molar-refractivity contribution in [2.24, 2.45) is 11.3 Å². The minimum absolute atomic E-state index is 0.0216. The highest BCUT2D eigenvalue weighted by atomic mass is 19.1. The van der Waals surface area contributed by atoms with Gasteiger partial charge in [0.05, 0.1) is 19.8 Å². The molecule has 7 heteroatoms. The van der Waals surface area contributed by atoms with Crippen molar-refractivity contribution in [2.45, 2.75) is 57.3 Å². The van der Waals surface area contributed by atoms with Crippen molar-refractivity contribution in [1.82, 2.24) is 0 Å². The average molecular weight is 400 g/mol. The molecule has 28 heavy (non-hydrogen) atoms. The van der Waals surface area contributed by atoms with Gasteiger partial charge in [-0.05, 0) is 55.7 Å². The molecule has 0 N–H and O–H groups in total. The monoisotopic (exact) mass is 400 g/mol.